The smallest absolute Gasteiger partial charge is 0.306 e. The van der Waals surface area contributed by atoms with Gasteiger partial charge in [0.1, 0.15) is 0 Å². The van der Waals surface area contributed by atoms with Gasteiger partial charge in [0.05, 0.1) is 0 Å². The first kappa shape index (κ1) is 10.2. The van der Waals surface area contributed by atoms with E-state index in [4.69, 9.17) is 11.6 Å². The fraction of sp³-hybridized carbons (Fsp3) is 0.444. The van der Waals surface area contributed by atoms with Crippen molar-refractivity contribution < 1.29 is 4.98 Å². The summed E-state index contributed by atoms with van der Waals surface area (Å²) in [7, 11) is 0. The van der Waals surface area contributed by atoms with Crippen LogP contribution in [0.5, 0.6) is 0 Å². The van der Waals surface area contributed by atoms with E-state index in [-0.39, 0.29) is 5.28 Å². The molecule has 0 saturated carbocycles. The Kier molecular flexibility index (Phi) is 2.61. The monoisotopic (exact) mass is 256 g/mol. The summed E-state index contributed by atoms with van der Waals surface area (Å²) in [5.74, 6) is 3.16. The normalized spacial score (nSPS) is 16.9. The number of fused-ring (bicyclic) bond motifs is 1. The third-order valence-electron chi connectivity index (χ3n) is 2.60. The van der Waals surface area contributed by atoms with Gasteiger partial charge in [0.25, 0.3) is 0 Å². The zero-order valence-electron chi connectivity index (χ0n) is 8.53. The zero-order valence-corrected chi connectivity index (χ0v) is 10.1. The predicted molar refractivity (Wildman–Crippen MR) is 65.0 cm³/mol. The molecule has 0 aromatic carbocycles. The second-order valence-electron chi connectivity index (χ2n) is 3.57. The van der Waals surface area contributed by atoms with E-state index in [1.54, 1.807) is 6.33 Å². The summed E-state index contributed by atoms with van der Waals surface area (Å²) in [6, 6.07) is 0. The minimum absolute atomic E-state index is 0.288. The lowest BCUT2D eigenvalue weighted by molar-refractivity contribution is -0.347. The summed E-state index contributed by atoms with van der Waals surface area (Å²) in [6.45, 7) is 2.01. The molecule has 7 heteroatoms. The van der Waals surface area contributed by atoms with E-state index >= 15 is 0 Å². The highest BCUT2D eigenvalue weighted by molar-refractivity contribution is 7.99. The first-order chi connectivity index (χ1) is 7.84. The number of halogens is 1. The van der Waals surface area contributed by atoms with Crippen LogP contribution in [0.1, 0.15) is 0 Å². The number of rotatable bonds is 1. The summed E-state index contributed by atoms with van der Waals surface area (Å²) in [6.07, 6.45) is 1.75. The molecule has 1 aliphatic rings. The van der Waals surface area contributed by atoms with Gasteiger partial charge < -0.3 is 4.90 Å². The van der Waals surface area contributed by atoms with Crippen molar-refractivity contribution in [2.45, 2.75) is 0 Å². The van der Waals surface area contributed by atoms with E-state index in [0.29, 0.717) is 0 Å². The van der Waals surface area contributed by atoms with Gasteiger partial charge in [-0.3, -0.25) is 4.98 Å². The van der Waals surface area contributed by atoms with Crippen LogP contribution in [0.2, 0.25) is 5.28 Å². The third kappa shape index (κ3) is 1.72. The standard InChI is InChI=1S/C9H10ClN5S/c10-9-13-7-6(11-5-12-7)8(14-9)15-1-3-16-4-2-15/h5H,1-4H2,(H,11,12,13,14)/p+1. The van der Waals surface area contributed by atoms with E-state index in [0.717, 1.165) is 41.6 Å². The first-order valence-electron chi connectivity index (χ1n) is 5.09. The molecule has 0 spiro atoms. The maximum Gasteiger partial charge on any atom is 0.306 e. The molecule has 2 aromatic heterocycles. The topological polar surface area (TPSA) is 59.0 Å². The number of imidazole rings is 1. The largest absolute Gasteiger partial charge is 0.352 e. The van der Waals surface area contributed by atoms with Crippen molar-refractivity contribution >= 4 is 40.3 Å². The predicted octanol–water partition coefficient (Wildman–Crippen LogP) is 0.979. The quantitative estimate of drug-likeness (QED) is 0.773. The molecule has 3 rings (SSSR count). The molecule has 5 nitrogen and oxygen atoms in total. The Morgan fingerprint density at radius 1 is 1.38 bits per heavy atom. The Labute approximate surface area is 102 Å². The molecule has 1 fully saturated rings. The Morgan fingerprint density at radius 3 is 3.00 bits per heavy atom. The number of nitrogens with zero attached hydrogens (tertiary/aromatic N) is 3. The van der Waals surface area contributed by atoms with E-state index in [2.05, 4.69) is 24.8 Å². The lowest BCUT2D eigenvalue weighted by Gasteiger charge is -2.26. The number of nitrogens with one attached hydrogen (secondary N) is 2. The molecule has 3 heterocycles. The summed E-state index contributed by atoms with van der Waals surface area (Å²) in [5.41, 5.74) is 1.68. The van der Waals surface area contributed by atoms with Gasteiger partial charge in [-0.2, -0.15) is 16.7 Å². The number of hydrogen-bond donors (Lipinski definition) is 1. The van der Waals surface area contributed by atoms with E-state index < -0.39 is 0 Å². The summed E-state index contributed by atoms with van der Waals surface area (Å²) in [4.78, 5) is 16.8. The Morgan fingerprint density at radius 2 is 2.19 bits per heavy atom. The van der Waals surface area contributed by atoms with Crippen LogP contribution in [0.25, 0.3) is 11.2 Å². The summed E-state index contributed by atoms with van der Waals surface area (Å²) < 4.78 is 0. The molecule has 0 atom stereocenters. The molecule has 2 N–H and O–H groups in total. The van der Waals surface area contributed by atoms with Crippen molar-refractivity contribution in [1.82, 2.24) is 15.0 Å². The molecule has 0 bridgehead atoms. The third-order valence-corrected chi connectivity index (χ3v) is 3.71. The second-order valence-corrected chi connectivity index (χ2v) is 5.14. The van der Waals surface area contributed by atoms with Crippen molar-refractivity contribution in [2.24, 2.45) is 0 Å². The molecular weight excluding hydrogens is 246 g/mol. The van der Waals surface area contributed by atoms with Crippen molar-refractivity contribution in [3.8, 4) is 0 Å². The van der Waals surface area contributed by atoms with Crippen LogP contribution < -0.4 is 9.88 Å². The fourth-order valence-electron chi connectivity index (χ4n) is 1.84. The van der Waals surface area contributed by atoms with Gasteiger partial charge in [-0.15, -0.1) is 0 Å². The van der Waals surface area contributed by atoms with Gasteiger partial charge in [-0.05, 0) is 11.6 Å². The zero-order chi connectivity index (χ0) is 11.0. The molecule has 2 aromatic rings. The van der Waals surface area contributed by atoms with Gasteiger partial charge in [-0.25, -0.2) is 4.98 Å². The molecule has 0 radical (unpaired) electrons. The highest BCUT2D eigenvalue weighted by Gasteiger charge is 2.21. The van der Waals surface area contributed by atoms with Crippen LogP contribution >= 0.6 is 23.4 Å². The van der Waals surface area contributed by atoms with Crippen molar-refractivity contribution in [2.75, 3.05) is 29.5 Å². The Balaban J connectivity index is 2.09. The van der Waals surface area contributed by atoms with E-state index in [9.17, 15) is 0 Å². The van der Waals surface area contributed by atoms with Crippen LogP contribution in [-0.4, -0.2) is 39.5 Å². The Hall–Kier alpha value is -1.01. The van der Waals surface area contributed by atoms with Crippen molar-refractivity contribution in [3.63, 3.8) is 0 Å². The number of aromatic nitrogens is 4. The first-order valence-corrected chi connectivity index (χ1v) is 6.63. The molecule has 84 valence electrons. The SMILES string of the molecule is Clc1nc(N2CCSCC2)c2[nH]c[nH+]c2n1. The van der Waals surface area contributed by atoms with Gasteiger partial charge >= 0.3 is 10.9 Å². The molecule has 1 aliphatic heterocycles. The van der Waals surface area contributed by atoms with Crippen molar-refractivity contribution in [3.05, 3.63) is 11.6 Å². The van der Waals surface area contributed by atoms with Crippen LogP contribution in [-0.2, 0) is 0 Å². The lowest BCUT2D eigenvalue weighted by atomic mass is 10.4. The van der Waals surface area contributed by atoms with Gasteiger partial charge in [0.2, 0.25) is 5.52 Å². The van der Waals surface area contributed by atoms with Crippen LogP contribution in [0.4, 0.5) is 5.82 Å². The average Bonchev–Trinajstić information content (AvgIpc) is 2.77. The van der Waals surface area contributed by atoms with Gasteiger partial charge in [-0.1, -0.05) is 4.98 Å². The molecule has 0 aliphatic carbocycles. The summed E-state index contributed by atoms with van der Waals surface area (Å²) >= 11 is 7.88. The highest BCUT2D eigenvalue weighted by atomic mass is 35.5. The molecule has 1 saturated heterocycles. The minimum atomic E-state index is 0.288. The number of anilines is 1. The molecule has 0 amide bonds. The highest BCUT2D eigenvalue weighted by Crippen LogP contribution is 2.23. The number of aromatic amines is 2. The van der Waals surface area contributed by atoms with Gasteiger partial charge in [0.15, 0.2) is 12.1 Å². The number of H-pyrrole nitrogens is 2. The molecule has 0 unspecified atom stereocenters. The van der Waals surface area contributed by atoms with Gasteiger partial charge in [0, 0.05) is 24.6 Å². The fourth-order valence-corrected chi connectivity index (χ4v) is 2.91. The van der Waals surface area contributed by atoms with Crippen LogP contribution in [0.15, 0.2) is 6.33 Å². The minimum Gasteiger partial charge on any atom is -0.352 e. The van der Waals surface area contributed by atoms with E-state index in [1.807, 2.05) is 11.8 Å². The number of thioether (sulfide) groups is 1. The average molecular weight is 257 g/mol. The maximum absolute atomic E-state index is 5.91. The van der Waals surface area contributed by atoms with Crippen LogP contribution in [0, 0.1) is 0 Å². The maximum atomic E-state index is 5.91. The van der Waals surface area contributed by atoms with Crippen molar-refractivity contribution in [1.29, 1.82) is 0 Å². The summed E-state index contributed by atoms with van der Waals surface area (Å²) in [5, 5.41) is 0.288. The molecular formula is C9H11ClN5S+. The van der Waals surface area contributed by atoms with Crippen LogP contribution in [0.3, 0.4) is 0 Å². The molecule has 16 heavy (non-hydrogen) atoms. The second kappa shape index (κ2) is 4.10. The van der Waals surface area contributed by atoms with E-state index in [1.165, 1.54) is 0 Å². The number of hydrogen-bond acceptors (Lipinski definition) is 4. The Bertz CT molecular complexity index is 508. The lowest BCUT2D eigenvalue weighted by Crippen LogP contribution is -2.33.